The largest absolute Gasteiger partial charge is 0.306 e. The molecule has 1 aliphatic rings. The number of nitrogens with one attached hydrogen (secondary N) is 1. The summed E-state index contributed by atoms with van der Waals surface area (Å²) in [4.78, 5) is 0. The zero-order valence-electron chi connectivity index (χ0n) is 11.5. The fourth-order valence-electron chi connectivity index (χ4n) is 2.51. The third kappa shape index (κ3) is 3.45. The number of tetrazole rings is 1. The summed E-state index contributed by atoms with van der Waals surface area (Å²) in [5, 5.41) is 14.9. The van der Waals surface area contributed by atoms with Crippen LogP contribution in [-0.4, -0.2) is 46.2 Å². The van der Waals surface area contributed by atoms with Crippen molar-refractivity contribution >= 4 is 9.84 Å². The van der Waals surface area contributed by atoms with Gasteiger partial charge in [0.1, 0.15) is 0 Å². The standard InChI is InChI=1S/C13H17N5O2S/c19-21(20)8-4-5-11(10-21)14-9-13-15-16-17-18(13)12-6-2-1-3-7-12/h1-3,6-7,11,14H,4-5,8-10H2. The van der Waals surface area contributed by atoms with Crippen molar-refractivity contribution in [2.24, 2.45) is 0 Å². The maximum absolute atomic E-state index is 11.6. The van der Waals surface area contributed by atoms with Crippen LogP contribution in [0, 0.1) is 0 Å². The van der Waals surface area contributed by atoms with Crippen LogP contribution in [0.3, 0.4) is 0 Å². The van der Waals surface area contributed by atoms with Crippen molar-refractivity contribution in [3.8, 4) is 5.69 Å². The van der Waals surface area contributed by atoms with E-state index in [1.54, 1.807) is 4.68 Å². The number of aromatic nitrogens is 4. The maximum Gasteiger partial charge on any atom is 0.170 e. The molecule has 0 bridgehead atoms. The van der Waals surface area contributed by atoms with E-state index in [2.05, 4.69) is 20.8 Å². The minimum absolute atomic E-state index is 0.0235. The molecule has 0 saturated carbocycles. The van der Waals surface area contributed by atoms with Gasteiger partial charge in [-0.25, -0.2) is 8.42 Å². The van der Waals surface area contributed by atoms with E-state index in [0.717, 1.165) is 12.1 Å². The van der Waals surface area contributed by atoms with Crippen molar-refractivity contribution in [2.45, 2.75) is 25.4 Å². The van der Waals surface area contributed by atoms with E-state index < -0.39 is 9.84 Å². The summed E-state index contributed by atoms with van der Waals surface area (Å²) in [5.41, 5.74) is 0.885. The summed E-state index contributed by atoms with van der Waals surface area (Å²) < 4.78 is 24.9. The van der Waals surface area contributed by atoms with Crippen LogP contribution in [0.4, 0.5) is 0 Å². The van der Waals surface area contributed by atoms with Crippen LogP contribution in [-0.2, 0) is 16.4 Å². The Morgan fingerprint density at radius 2 is 2.10 bits per heavy atom. The topological polar surface area (TPSA) is 89.8 Å². The number of hydrogen-bond donors (Lipinski definition) is 1. The molecule has 112 valence electrons. The fraction of sp³-hybridized carbons (Fsp3) is 0.462. The zero-order chi connectivity index (χ0) is 14.7. The highest BCUT2D eigenvalue weighted by Crippen LogP contribution is 2.13. The smallest absolute Gasteiger partial charge is 0.170 e. The van der Waals surface area contributed by atoms with Crippen LogP contribution in [0.5, 0.6) is 0 Å². The van der Waals surface area contributed by atoms with E-state index in [1.807, 2.05) is 30.3 Å². The molecule has 8 heteroatoms. The molecular weight excluding hydrogens is 290 g/mol. The van der Waals surface area contributed by atoms with Crippen molar-refractivity contribution in [1.29, 1.82) is 0 Å². The first-order valence-corrected chi connectivity index (χ1v) is 8.73. The van der Waals surface area contributed by atoms with Crippen LogP contribution in [0.15, 0.2) is 30.3 Å². The van der Waals surface area contributed by atoms with Crippen LogP contribution < -0.4 is 5.32 Å². The average Bonchev–Trinajstić information content (AvgIpc) is 2.93. The molecule has 2 aromatic rings. The van der Waals surface area contributed by atoms with Gasteiger partial charge in [-0.1, -0.05) is 18.2 Å². The summed E-state index contributed by atoms with van der Waals surface area (Å²) >= 11 is 0. The second kappa shape index (κ2) is 5.90. The van der Waals surface area contributed by atoms with Crippen molar-refractivity contribution in [3.63, 3.8) is 0 Å². The Bertz CT molecular complexity index is 698. The third-order valence-corrected chi connectivity index (χ3v) is 5.37. The Morgan fingerprint density at radius 1 is 1.29 bits per heavy atom. The van der Waals surface area contributed by atoms with Crippen molar-refractivity contribution in [1.82, 2.24) is 25.5 Å². The van der Waals surface area contributed by atoms with Crippen LogP contribution in [0.1, 0.15) is 18.7 Å². The first kappa shape index (κ1) is 14.2. The quantitative estimate of drug-likeness (QED) is 0.875. The molecule has 1 N–H and O–H groups in total. The van der Waals surface area contributed by atoms with Crippen molar-refractivity contribution in [2.75, 3.05) is 11.5 Å². The number of benzene rings is 1. The molecule has 1 aliphatic heterocycles. The third-order valence-electron chi connectivity index (χ3n) is 3.55. The molecule has 3 rings (SSSR count). The van der Waals surface area contributed by atoms with E-state index in [-0.39, 0.29) is 11.8 Å². The summed E-state index contributed by atoms with van der Waals surface area (Å²) in [5.74, 6) is 1.16. The fourth-order valence-corrected chi connectivity index (χ4v) is 4.18. The Balaban J connectivity index is 1.68. The second-order valence-corrected chi connectivity index (χ2v) is 7.41. The zero-order valence-corrected chi connectivity index (χ0v) is 12.3. The molecule has 0 spiro atoms. The van der Waals surface area contributed by atoms with Gasteiger partial charge in [0.2, 0.25) is 0 Å². The molecule has 0 amide bonds. The van der Waals surface area contributed by atoms with Gasteiger partial charge in [-0.3, -0.25) is 0 Å². The van der Waals surface area contributed by atoms with E-state index in [9.17, 15) is 8.42 Å². The first-order valence-electron chi connectivity index (χ1n) is 6.90. The van der Waals surface area contributed by atoms with Crippen LogP contribution in [0.25, 0.3) is 5.69 Å². The first-order chi connectivity index (χ1) is 10.1. The highest BCUT2D eigenvalue weighted by molar-refractivity contribution is 7.91. The molecule has 1 atom stereocenters. The van der Waals surface area contributed by atoms with E-state index in [0.29, 0.717) is 24.5 Å². The maximum atomic E-state index is 11.6. The predicted molar refractivity (Wildman–Crippen MR) is 77.7 cm³/mol. The molecule has 0 aliphatic carbocycles. The highest BCUT2D eigenvalue weighted by atomic mass is 32.2. The number of para-hydroxylation sites is 1. The molecule has 2 heterocycles. The van der Waals surface area contributed by atoms with Crippen LogP contribution in [0.2, 0.25) is 0 Å². The summed E-state index contributed by atoms with van der Waals surface area (Å²) in [6.45, 7) is 0.447. The Hall–Kier alpha value is -1.80. The van der Waals surface area contributed by atoms with Gasteiger partial charge >= 0.3 is 0 Å². The van der Waals surface area contributed by atoms with Gasteiger partial charge in [-0.05, 0) is 35.4 Å². The normalized spacial score (nSPS) is 21.2. The van der Waals surface area contributed by atoms with E-state index >= 15 is 0 Å². The Kier molecular flexibility index (Phi) is 3.98. The number of nitrogens with zero attached hydrogens (tertiary/aromatic N) is 4. The van der Waals surface area contributed by atoms with Gasteiger partial charge in [-0.15, -0.1) is 5.10 Å². The molecule has 1 fully saturated rings. The second-order valence-electron chi connectivity index (χ2n) is 5.18. The molecule has 7 nitrogen and oxygen atoms in total. The van der Waals surface area contributed by atoms with E-state index in [4.69, 9.17) is 0 Å². The predicted octanol–water partition coefficient (Wildman–Crippen LogP) is 0.329. The van der Waals surface area contributed by atoms with Gasteiger partial charge in [-0.2, -0.15) is 4.68 Å². The highest BCUT2D eigenvalue weighted by Gasteiger charge is 2.24. The molecule has 0 radical (unpaired) electrons. The van der Waals surface area contributed by atoms with Gasteiger partial charge in [0.15, 0.2) is 15.7 Å². The van der Waals surface area contributed by atoms with Crippen LogP contribution >= 0.6 is 0 Å². The lowest BCUT2D eigenvalue weighted by Gasteiger charge is -2.22. The van der Waals surface area contributed by atoms with Gasteiger partial charge in [0.05, 0.1) is 23.7 Å². The van der Waals surface area contributed by atoms with Gasteiger partial charge in [0.25, 0.3) is 0 Å². The van der Waals surface area contributed by atoms with Gasteiger partial charge in [0, 0.05) is 6.04 Å². The molecule has 1 unspecified atom stereocenters. The number of rotatable bonds is 4. The summed E-state index contributed by atoms with van der Waals surface area (Å²) in [6, 6.07) is 9.59. The summed E-state index contributed by atoms with van der Waals surface area (Å²) in [6.07, 6.45) is 1.58. The van der Waals surface area contributed by atoms with Gasteiger partial charge < -0.3 is 5.32 Å². The Morgan fingerprint density at radius 3 is 2.86 bits per heavy atom. The Labute approximate surface area is 123 Å². The summed E-state index contributed by atoms with van der Waals surface area (Å²) in [7, 11) is -2.91. The minimum Gasteiger partial charge on any atom is -0.306 e. The molecule has 21 heavy (non-hydrogen) atoms. The molecular formula is C13H17N5O2S. The lowest BCUT2D eigenvalue weighted by Crippen LogP contribution is -2.40. The number of hydrogen-bond acceptors (Lipinski definition) is 6. The molecule has 1 aromatic heterocycles. The van der Waals surface area contributed by atoms with Crippen molar-refractivity contribution < 1.29 is 8.42 Å². The van der Waals surface area contributed by atoms with E-state index in [1.165, 1.54) is 0 Å². The van der Waals surface area contributed by atoms with Crippen molar-refractivity contribution in [3.05, 3.63) is 36.2 Å². The minimum atomic E-state index is -2.91. The molecule has 1 saturated heterocycles. The lowest BCUT2D eigenvalue weighted by molar-refractivity contribution is 0.471. The lowest BCUT2D eigenvalue weighted by atomic mass is 10.2. The molecule has 1 aromatic carbocycles. The SMILES string of the molecule is O=S1(=O)CCCC(NCc2nnnn2-c2ccccc2)C1. The monoisotopic (exact) mass is 307 g/mol. The average molecular weight is 307 g/mol. The number of sulfone groups is 1.